The summed E-state index contributed by atoms with van der Waals surface area (Å²) in [6.07, 6.45) is 3.37. The number of hydrogen-bond acceptors (Lipinski definition) is 5. The van der Waals surface area contributed by atoms with Crippen molar-refractivity contribution in [1.29, 1.82) is 0 Å². The van der Waals surface area contributed by atoms with Gasteiger partial charge < -0.3 is 0 Å². The first-order valence-corrected chi connectivity index (χ1v) is 7.80. The fourth-order valence-electron chi connectivity index (χ4n) is 1.97. The molecule has 1 N–H and O–H groups in total. The second kappa shape index (κ2) is 6.50. The van der Waals surface area contributed by atoms with E-state index in [0.717, 1.165) is 11.1 Å². The molecule has 0 bridgehead atoms. The van der Waals surface area contributed by atoms with E-state index in [1.165, 1.54) is 11.3 Å². The van der Waals surface area contributed by atoms with Gasteiger partial charge in [-0.15, -0.1) is 11.3 Å². The molecule has 0 saturated carbocycles. The van der Waals surface area contributed by atoms with Gasteiger partial charge in [0.15, 0.2) is 5.13 Å². The lowest BCUT2D eigenvalue weighted by molar-refractivity contribution is -0.112. The van der Waals surface area contributed by atoms with E-state index >= 15 is 0 Å². The predicted octanol–water partition coefficient (Wildman–Crippen LogP) is 3.33. The molecule has 0 atom stereocenters. The van der Waals surface area contributed by atoms with Gasteiger partial charge >= 0.3 is 0 Å². The molecule has 114 valence electrons. The van der Waals surface area contributed by atoms with Crippen molar-refractivity contribution in [2.75, 3.05) is 5.32 Å². The molecule has 1 amide bonds. The van der Waals surface area contributed by atoms with Crippen molar-refractivity contribution in [2.24, 2.45) is 0 Å². The van der Waals surface area contributed by atoms with Crippen LogP contribution in [0.3, 0.4) is 0 Å². The van der Waals surface area contributed by atoms with Crippen molar-refractivity contribution in [2.45, 2.75) is 6.92 Å². The van der Waals surface area contributed by atoms with E-state index in [1.807, 2.05) is 24.4 Å². The summed E-state index contributed by atoms with van der Waals surface area (Å²) in [6, 6.07) is 10.6. The Hall–Kier alpha value is -2.86. The molecule has 3 aromatic rings. The van der Waals surface area contributed by atoms with E-state index in [1.54, 1.807) is 36.7 Å². The minimum atomic E-state index is -0.694. The number of thiazole rings is 1. The number of amides is 1. The number of anilines is 1. The number of nitrogens with zero attached hydrogens (tertiary/aromatic N) is 2. The van der Waals surface area contributed by atoms with Crippen LogP contribution in [0.15, 0.2) is 54.2 Å². The van der Waals surface area contributed by atoms with Crippen LogP contribution < -0.4 is 5.32 Å². The SMILES string of the molecule is Cc1ccc(C(=O)C(=O)Nc2nc(-c3cccnc3)cs2)cc1. The molecule has 0 aliphatic heterocycles. The van der Waals surface area contributed by atoms with Crippen LogP contribution in [0.1, 0.15) is 15.9 Å². The summed E-state index contributed by atoms with van der Waals surface area (Å²) in [4.78, 5) is 32.5. The Labute approximate surface area is 137 Å². The molecular weight excluding hydrogens is 310 g/mol. The molecule has 0 saturated heterocycles. The van der Waals surface area contributed by atoms with E-state index in [4.69, 9.17) is 0 Å². The first-order valence-electron chi connectivity index (χ1n) is 6.92. The molecule has 0 unspecified atom stereocenters. The highest BCUT2D eigenvalue weighted by Crippen LogP contribution is 2.24. The zero-order chi connectivity index (χ0) is 16.2. The van der Waals surface area contributed by atoms with Crippen LogP contribution in [0.4, 0.5) is 5.13 Å². The van der Waals surface area contributed by atoms with Crippen LogP contribution in [0.5, 0.6) is 0 Å². The molecule has 0 aliphatic rings. The monoisotopic (exact) mass is 323 g/mol. The van der Waals surface area contributed by atoms with E-state index < -0.39 is 11.7 Å². The maximum Gasteiger partial charge on any atom is 0.298 e. The number of Topliss-reactive ketones (excluding diaryl/α,β-unsaturated/α-hetero) is 1. The Bertz CT molecular complexity index is 842. The average molecular weight is 323 g/mol. The van der Waals surface area contributed by atoms with Gasteiger partial charge in [0.2, 0.25) is 0 Å². The highest BCUT2D eigenvalue weighted by atomic mass is 32.1. The number of pyridine rings is 1. The second-order valence-electron chi connectivity index (χ2n) is 4.93. The predicted molar refractivity (Wildman–Crippen MR) is 89.5 cm³/mol. The van der Waals surface area contributed by atoms with Crippen LogP contribution in [-0.2, 0) is 4.79 Å². The van der Waals surface area contributed by atoms with Crippen LogP contribution in [-0.4, -0.2) is 21.7 Å². The topological polar surface area (TPSA) is 72.0 Å². The molecule has 1 aromatic carbocycles. The third-order valence-electron chi connectivity index (χ3n) is 3.20. The fourth-order valence-corrected chi connectivity index (χ4v) is 2.68. The first-order chi connectivity index (χ1) is 11.1. The normalized spacial score (nSPS) is 10.3. The second-order valence-corrected chi connectivity index (χ2v) is 5.79. The van der Waals surface area contributed by atoms with E-state index in [9.17, 15) is 9.59 Å². The molecule has 2 aromatic heterocycles. The van der Waals surface area contributed by atoms with Gasteiger partial charge in [-0.1, -0.05) is 29.8 Å². The minimum Gasteiger partial charge on any atom is -0.295 e. The van der Waals surface area contributed by atoms with Gasteiger partial charge in [0.25, 0.3) is 11.7 Å². The van der Waals surface area contributed by atoms with Gasteiger partial charge in [0.05, 0.1) is 5.69 Å². The van der Waals surface area contributed by atoms with Crippen LogP contribution in [0.2, 0.25) is 0 Å². The Morgan fingerprint density at radius 3 is 2.61 bits per heavy atom. The molecule has 3 rings (SSSR count). The van der Waals surface area contributed by atoms with Gasteiger partial charge in [-0.25, -0.2) is 4.98 Å². The van der Waals surface area contributed by atoms with Gasteiger partial charge in [0, 0.05) is 28.9 Å². The van der Waals surface area contributed by atoms with Crippen molar-refractivity contribution in [3.63, 3.8) is 0 Å². The smallest absolute Gasteiger partial charge is 0.295 e. The quantitative estimate of drug-likeness (QED) is 0.590. The molecule has 0 fully saturated rings. The van der Waals surface area contributed by atoms with Crippen molar-refractivity contribution in [3.8, 4) is 11.3 Å². The zero-order valence-corrected chi connectivity index (χ0v) is 13.1. The summed E-state index contributed by atoms with van der Waals surface area (Å²) in [7, 11) is 0. The van der Waals surface area contributed by atoms with Gasteiger partial charge in [-0.05, 0) is 19.1 Å². The lowest BCUT2D eigenvalue weighted by Gasteiger charge is -2.01. The van der Waals surface area contributed by atoms with Gasteiger partial charge in [-0.3, -0.25) is 19.9 Å². The van der Waals surface area contributed by atoms with Gasteiger partial charge in [0.1, 0.15) is 0 Å². The Morgan fingerprint density at radius 2 is 1.91 bits per heavy atom. The molecule has 0 aliphatic carbocycles. The maximum atomic E-state index is 12.1. The molecule has 0 radical (unpaired) electrons. The summed E-state index contributed by atoms with van der Waals surface area (Å²) in [5, 5.41) is 4.74. The molecular formula is C17H13N3O2S. The number of benzene rings is 1. The number of rotatable bonds is 4. The van der Waals surface area contributed by atoms with E-state index in [-0.39, 0.29) is 0 Å². The molecule has 23 heavy (non-hydrogen) atoms. The summed E-state index contributed by atoms with van der Waals surface area (Å²) in [5.41, 5.74) is 2.95. The summed E-state index contributed by atoms with van der Waals surface area (Å²) in [6.45, 7) is 1.92. The van der Waals surface area contributed by atoms with Crippen molar-refractivity contribution >= 4 is 28.2 Å². The Morgan fingerprint density at radius 1 is 1.13 bits per heavy atom. The molecule has 5 nitrogen and oxygen atoms in total. The Kier molecular flexibility index (Phi) is 4.25. The number of carbonyl (C=O) groups excluding carboxylic acids is 2. The number of aromatic nitrogens is 2. The Balaban J connectivity index is 1.72. The van der Waals surface area contributed by atoms with Crippen molar-refractivity contribution in [3.05, 3.63) is 65.3 Å². The lowest BCUT2D eigenvalue weighted by Crippen LogP contribution is -2.22. The third-order valence-corrected chi connectivity index (χ3v) is 3.96. The van der Waals surface area contributed by atoms with E-state index in [2.05, 4.69) is 15.3 Å². The fraction of sp³-hybridized carbons (Fsp3) is 0.0588. The first kappa shape index (κ1) is 15.1. The average Bonchev–Trinajstić information content (AvgIpc) is 3.04. The number of ketones is 1. The summed E-state index contributed by atoms with van der Waals surface area (Å²) < 4.78 is 0. The van der Waals surface area contributed by atoms with E-state index in [0.29, 0.717) is 16.4 Å². The summed E-state index contributed by atoms with van der Waals surface area (Å²) in [5.74, 6) is -1.27. The summed E-state index contributed by atoms with van der Waals surface area (Å²) >= 11 is 1.26. The number of aryl methyl sites for hydroxylation is 1. The van der Waals surface area contributed by atoms with Gasteiger partial charge in [-0.2, -0.15) is 0 Å². The molecule has 0 spiro atoms. The highest BCUT2D eigenvalue weighted by Gasteiger charge is 2.17. The van der Waals surface area contributed by atoms with Crippen LogP contribution in [0.25, 0.3) is 11.3 Å². The number of carbonyl (C=O) groups is 2. The minimum absolute atomic E-state index is 0.358. The zero-order valence-electron chi connectivity index (χ0n) is 12.3. The standard InChI is InChI=1S/C17H13N3O2S/c1-11-4-6-12(7-5-11)15(21)16(22)20-17-19-14(10-23-17)13-3-2-8-18-9-13/h2-10H,1H3,(H,19,20,22). The van der Waals surface area contributed by atoms with Crippen molar-refractivity contribution in [1.82, 2.24) is 9.97 Å². The number of hydrogen-bond donors (Lipinski definition) is 1. The maximum absolute atomic E-state index is 12.1. The largest absolute Gasteiger partial charge is 0.298 e. The molecule has 6 heteroatoms. The van der Waals surface area contributed by atoms with Crippen LogP contribution in [0, 0.1) is 6.92 Å². The van der Waals surface area contributed by atoms with Crippen LogP contribution >= 0.6 is 11.3 Å². The third kappa shape index (κ3) is 3.49. The molecule has 2 heterocycles. The van der Waals surface area contributed by atoms with Crippen molar-refractivity contribution < 1.29 is 9.59 Å². The lowest BCUT2D eigenvalue weighted by atomic mass is 10.1. The highest BCUT2D eigenvalue weighted by molar-refractivity contribution is 7.14. The number of nitrogens with one attached hydrogen (secondary N) is 1.